The highest BCUT2D eigenvalue weighted by Crippen LogP contribution is 2.36. The molecule has 4 nitrogen and oxygen atoms in total. The number of carbonyl (C=O) groups is 2. The SMILES string of the molecule is O=C(CCc1cccs1)Nc1csc(-c2ccc(Cl)cc2)c1C(=O)O. The maximum atomic E-state index is 12.2. The monoisotopic (exact) mass is 391 g/mol. The number of nitrogens with one attached hydrogen (secondary N) is 1. The Labute approximate surface area is 157 Å². The molecule has 1 amide bonds. The van der Waals surface area contributed by atoms with E-state index in [1.807, 2.05) is 17.5 Å². The first-order valence-electron chi connectivity index (χ1n) is 7.47. The van der Waals surface area contributed by atoms with Crippen molar-refractivity contribution in [3.8, 4) is 10.4 Å². The molecule has 0 saturated heterocycles. The number of carbonyl (C=O) groups excluding carboxylic acids is 1. The molecule has 2 N–H and O–H groups in total. The first-order chi connectivity index (χ1) is 12.0. The lowest BCUT2D eigenvalue weighted by molar-refractivity contribution is -0.116. The summed E-state index contributed by atoms with van der Waals surface area (Å²) in [6, 6.07) is 10.9. The number of thiophene rings is 2. The molecule has 0 fully saturated rings. The highest BCUT2D eigenvalue weighted by atomic mass is 35.5. The van der Waals surface area contributed by atoms with Crippen LogP contribution in [0, 0.1) is 0 Å². The number of halogens is 1. The van der Waals surface area contributed by atoms with Crippen LogP contribution in [0.1, 0.15) is 21.7 Å². The fraction of sp³-hybridized carbons (Fsp3) is 0.111. The third kappa shape index (κ3) is 4.28. The summed E-state index contributed by atoms with van der Waals surface area (Å²) in [5.41, 5.74) is 1.20. The minimum Gasteiger partial charge on any atom is -0.478 e. The summed E-state index contributed by atoms with van der Waals surface area (Å²) >= 11 is 8.77. The second-order valence-electron chi connectivity index (χ2n) is 5.29. The van der Waals surface area contributed by atoms with Gasteiger partial charge in [-0.3, -0.25) is 4.79 Å². The summed E-state index contributed by atoms with van der Waals surface area (Å²) < 4.78 is 0. The number of carboxylic acids is 1. The van der Waals surface area contributed by atoms with Gasteiger partial charge in [-0.25, -0.2) is 4.79 Å². The molecule has 0 saturated carbocycles. The molecule has 0 radical (unpaired) electrons. The van der Waals surface area contributed by atoms with E-state index < -0.39 is 5.97 Å². The van der Waals surface area contributed by atoms with E-state index >= 15 is 0 Å². The second-order valence-corrected chi connectivity index (χ2v) is 7.64. The van der Waals surface area contributed by atoms with Crippen molar-refractivity contribution in [3.05, 3.63) is 62.6 Å². The molecule has 0 unspecified atom stereocenters. The molecule has 0 bridgehead atoms. The largest absolute Gasteiger partial charge is 0.478 e. The van der Waals surface area contributed by atoms with Crippen molar-refractivity contribution in [2.75, 3.05) is 5.32 Å². The molecule has 0 spiro atoms. The quantitative estimate of drug-likeness (QED) is 0.591. The molecule has 0 aliphatic heterocycles. The van der Waals surface area contributed by atoms with Gasteiger partial charge in [0.2, 0.25) is 5.91 Å². The zero-order valence-electron chi connectivity index (χ0n) is 13.0. The second kappa shape index (κ2) is 7.82. The summed E-state index contributed by atoms with van der Waals surface area (Å²) in [5, 5.41) is 16.5. The Morgan fingerprint density at radius 3 is 2.52 bits per heavy atom. The number of aryl methyl sites for hydroxylation is 1. The summed E-state index contributed by atoms with van der Waals surface area (Å²) in [6.07, 6.45) is 0.950. The Hall–Kier alpha value is -2.15. The van der Waals surface area contributed by atoms with E-state index in [2.05, 4.69) is 5.32 Å². The van der Waals surface area contributed by atoms with Gasteiger partial charge in [0.1, 0.15) is 5.56 Å². The molecule has 128 valence electrons. The van der Waals surface area contributed by atoms with Crippen molar-refractivity contribution in [3.63, 3.8) is 0 Å². The van der Waals surface area contributed by atoms with Gasteiger partial charge in [-0.1, -0.05) is 29.8 Å². The van der Waals surface area contributed by atoms with E-state index in [4.69, 9.17) is 11.6 Å². The first-order valence-corrected chi connectivity index (χ1v) is 9.61. The van der Waals surface area contributed by atoms with Gasteiger partial charge in [0.05, 0.1) is 10.6 Å². The summed E-state index contributed by atoms with van der Waals surface area (Å²) in [5.74, 6) is -1.27. The lowest BCUT2D eigenvalue weighted by Crippen LogP contribution is -2.14. The zero-order chi connectivity index (χ0) is 17.8. The van der Waals surface area contributed by atoms with Gasteiger partial charge in [-0.15, -0.1) is 22.7 Å². The molecule has 3 aromatic rings. The van der Waals surface area contributed by atoms with E-state index in [9.17, 15) is 14.7 Å². The van der Waals surface area contributed by atoms with Gasteiger partial charge in [-0.05, 0) is 35.6 Å². The Kier molecular flexibility index (Phi) is 5.53. The minimum atomic E-state index is -1.07. The number of rotatable bonds is 6. The maximum absolute atomic E-state index is 12.2. The van der Waals surface area contributed by atoms with Crippen LogP contribution >= 0.6 is 34.3 Å². The number of carboxylic acid groups (broad SMARTS) is 1. The van der Waals surface area contributed by atoms with Gasteiger partial charge in [-0.2, -0.15) is 0 Å². The third-order valence-electron chi connectivity index (χ3n) is 3.56. The van der Waals surface area contributed by atoms with Crippen molar-refractivity contribution >= 4 is 51.8 Å². The highest BCUT2D eigenvalue weighted by molar-refractivity contribution is 7.14. The number of anilines is 1. The lowest BCUT2D eigenvalue weighted by atomic mass is 10.1. The summed E-state index contributed by atoms with van der Waals surface area (Å²) in [4.78, 5) is 25.6. The van der Waals surface area contributed by atoms with Crippen molar-refractivity contribution in [1.82, 2.24) is 0 Å². The average molecular weight is 392 g/mol. The summed E-state index contributed by atoms with van der Waals surface area (Å²) in [6.45, 7) is 0. The lowest BCUT2D eigenvalue weighted by Gasteiger charge is -2.06. The van der Waals surface area contributed by atoms with Crippen LogP contribution in [0.15, 0.2) is 47.2 Å². The van der Waals surface area contributed by atoms with Crippen LogP contribution in [0.4, 0.5) is 5.69 Å². The van der Waals surface area contributed by atoms with Crippen molar-refractivity contribution in [1.29, 1.82) is 0 Å². The van der Waals surface area contributed by atoms with Crippen LogP contribution in [-0.2, 0) is 11.2 Å². The van der Waals surface area contributed by atoms with Crippen LogP contribution in [0.2, 0.25) is 5.02 Å². The molecular formula is C18H14ClNO3S2. The van der Waals surface area contributed by atoms with E-state index in [-0.39, 0.29) is 11.5 Å². The molecule has 3 rings (SSSR count). The minimum absolute atomic E-state index is 0.108. The number of benzene rings is 1. The first kappa shape index (κ1) is 17.7. The summed E-state index contributed by atoms with van der Waals surface area (Å²) in [7, 11) is 0. The number of hydrogen-bond donors (Lipinski definition) is 2. The van der Waals surface area contributed by atoms with Crippen LogP contribution in [0.3, 0.4) is 0 Å². The van der Waals surface area contributed by atoms with Crippen LogP contribution in [0.5, 0.6) is 0 Å². The molecule has 2 aromatic heterocycles. The van der Waals surface area contributed by atoms with Gasteiger partial charge >= 0.3 is 5.97 Å². The standard InChI is InChI=1S/C18H14ClNO3S2/c19-12-5-3-11(4-6-12)17-16(18(22)23)14(10-25-17)20-15(21)8-7-13-2-1-9-24-13/h1-6,9-10H,7-8H2,(H,20,21)(H,22,23). The third-order valence-corrected chi connectivity index (χ3v) is 5.78. The molecule has 25 heavy (non-hydrogen) atoms. The molecule has 1 aromatic carbocycles. The Morgan fingerprint density at radius 2 is 1.88 bits per heavy atom. The normalized spacial score (nSPS) is 10.6. The topological polar surface area (TPSA) is 66.4 Å². The van der Waals surface area contributed by atoms with Crippen molar-refractivity contribution in [2.45, 2.75) is 12.8 Å². The van der Waals surface area contributed by atoms with Crippen LogP contribution < -0.4 is 5.32 Å². The average Bonchev–Trinajstić information content (AvgIpc) is 3.23. The predicted molar refractivity (Wildman–Crippen MR) is 103 cm³/mol. The van der Waals surface area contributed by atoms with Gasteiger partial charge < -0.3 is 10.4 Å². The maximum Gasteiger partial charge on any atom is 0.339 e. The Balaban J connectivity index is 1.78. The fourth-order valence-corrected chi connectivity index (χ4v) is 4.21. The smallest absolute Gasteiger partial charge is 0.339 e. The van der Waals surface area contributed by atoms with E-state index in [1.54, 1.807) is 41.0 Å². The molecule has 0 aliphatic rings. The van der Waals surface area contributed by atoms with Crippen molar-refractivity contribution in [2.24, 2.45) is 0 Å². The highest BCUT2D eigenvalue weighted by Gasteiger charge is 2.21. The zero-order valence-corrected chi connectivity index (χ0v) is 15.4. The molecular weight excluding hydrogens is 378 g/mol. The van der Waals surface area contributed by atoms with Gasteiger partial charge in [0, 0.05) is 21.7 Å². The predicted octanol–water partition coefficient (Wildman–Crippen LogP) is 5.40. The van der Waals surface area contributed by atoms with Crippen LogP contribution in [0.25, 0.3) is 10.4 Å². The fourth-order valence-electron chi connectivity index (χ4n) is 2.38. The van der Waals surface area contributed by atoms with Gasteiger partial charge in [0.25, 0.3) is 0 Å². The molecule has 7 heteroatoms. The Morgan fingerprint density at radius 1 is 1.12 bits per heavy atom. The van der Waals surface area contributed by atoms with Crippen LogP contribution in [-0.4, -0.2) is 17.0 Å². The number of hydrogen-bond acceptors (Lipinski definition) is 4. The van der Waals surface area contributed by atoms with Gasteiger partial charge in [0.15, 0.2) is 0 Å². The van der Waals surface area contributed by atoms with E-state index in [1.165, 1.54) is 11.3 Å². The Bertz CT molecular complexity index is 886. The number of amides is 1. The molecule has 2 heterocycles. The van der Waals surface area contributed by atoms with Crippen molar-refractivity contribution < 1.29 is 14.7 Å². The molecule has 0 aliphatic carbocycles. The van der Waals surface area contributed by atoms with E-state index in [0.29, 0.717) is 28.4 Å². The molecule has 0 atom stereocenters. The number of aromatic carboxylic acids is 1. The van der Waals surface area contributed by atoms with E-state index in [0.717, 1.165) is 10.4 Å².